The molecule has 0 fully saturated rings. The highest BCUT2D eigenvalue weighted by molar-refractivity contribution is 5.91. The third kappa shape index (κ3) is 2.86. The summed E-state index contributed by atoms with van der Waals surface area (Å²) in [5.41, 5.74) is 2.56. The standard InChI is InChI=1S/C16H14O2/c1-12(2)13-8-10-15(11-9-13)18-16(17)14-6-4-3-5-7-14/h3-11H,1H2,2H3. The van der Waals surface area contributed by atoms with Crippen LogP contribution in [0, 0.1) is 0 Å². The third-order valence-electron chi connectivity index (χ3n) is 2.57. The Bertz CT molecular complexity index is 553. The first kappa shape index (κ1) is 12.1. The first-order chi connectivity index (χ1) is 8.66. The Labute approximate surface area is 107 Å². The van der Waals surface area contributed by atoms with Gasteiger partial charge in [-0.05, 0) is 36.8 Å². The van der Waals surface area contributed by atoms with E-state index in [0.717, 1.165) is 11.1 Å². The van der Waals surface area contributed by atoms with Crippen molar-refractivity contribution >= 4 is 11.5 Å². The molecule has 0 unspecified atom stereocenters. The summed E-state index contributed by atoms with van der Waals surface area (Å²) < 4.78 is 5.27. The van der Waals surface area contributed by atoms with E-state index in [2.05, 4.69) is 6.58 Å². The summed E-state index contributed by atoms with van der Waals surface area (Å²) in [6.07, 6.45) is 0. The zero-order valence-corrected chi connectivity index (χ0v) is 10.2. The lowest BCUT2D eigenvalue weighted by atomic mass is 10.1. The summed E-state index contributed by atoms with van der Waals surface area (Å²) in [4.78, 5) is 11.8. The van der Waals surface area contributed by atoms with E-state index in [9.17, 15) is 4.79 Å². The van der Waals surface area contributed by atoms with Crippen molar-refractivity contribution in [2.75, 3.05) is 0 Å². The Morgan fingerprint density at radius 1 is 0.944 bits per heavy atom. The van der Waals surface area contributed by atoms with Crippen LogP contribution in [0.15, 0.2) is 61.2 Å². The molecule has 18 heavy (non-hydrogen) atoms. The minimum absolute atomic E-state index is 0.348. The second-order valence-electron chi connectivity index (χ2n) is 4.06. The molecule has 0 aliphatic rings. The molecule has 2 nitrogen and oxygen atoms in total. The van der Waals surface area contributed by atoms with E-state index < -0.39 is 0 Å². The molecule has 2 heteroatoms. The molecule has 2 rings (SSSR count). The number of rotatable bonds is 3. The highest BCUT2D eigenvalue weighted by atomic mass is 16.5. The van der Waals surface area contributed by atoms with Gasteiger partial charge in [0.1, 0.15) is 5.75 Å². The van der Waals surface area contributed by atoms with Crippen LogP contribution in [0.4, 0.5) is 0 Å². The van der Waals surface area contributed by atoms with Gasteiger partial charge in [0.15, 0.2) is 0 Å². The normalized spacial score (nSPS) is 9.83. The van der Waals surface area contributed by atoms with Crippen molar-refractivity contribution in [3.05, 3.63) is 72.3 Å². The largest absolute Gasteiger partial charge is 0.423 e. The van der Waals surface area contributed by atoms with Crippen LogP contribution in [0.25, 0.3) is 5.57 Å². The van der Waals surface area contributed by atoms with Crippen molar-refractivity contribution in [1.82, 2.24) is 0 Å². The minimum atomic E-state index is -0.348. The third-order valence-corrected chi connectivity index (χ3v) is 2.57. The van der Waals surface area contributed by atoms with Crippen molar-refractivity contribution in [1.29, 1.82) is 0 Å². The number of hydrogen-bond donors (Lipinski definition) is 0. The van der Waals surface area contributed by atoms with Crippen LogP contribution < -0.4 is 4.74 Å². The van der Waals surface area contributed by atoms with Gasteiger partial charge in [0.05, 0.1) is 5.56 Å². The smallest absolute Gasteiger partial charge is 0.343 e. The molecule has 0 saturated heterocycles. The lowest BCUT2D eigenvalue weighted by molar-refractivity contribution is 0.0735. The van der Waals surface area contributed by atoms with Gasteiger partial charge in [0, 0.05) is 0 Å². The number of allylic oxidation sites excluding steroid dienone is 1. The van der Waals surface area contributed by atoms with E-state index in [4.69, 9.17) is 4.74 Å². The number of carbonyl (C=O) groups excluding carboxylic acids is 1. The lowest BCUT2D eigenvalue weighted by Crippen LogP contribution is -2.07. The topological polar surface area (TPSA) is 26.3 Å². The van der Waals surface area contributed by atoms with Gasteiger partial charge in [0.25, 0.3) is 0 Å². The molecule has 0 aliphatic carbocycles. The fraction of sp³-hybridized carbons (Fsp3) is 0.0625. The zero-order valence-electron chi connectivity index (χ0n) is 10.2. The lowest BCUT2D eigenvalue weighted by Gasteiger charge is -2.05. The predicted octanol–water partition coefficient (Wildman–Crippen LogP) is 3.94. The summed E-state index contributed by atoms with van der Waals surface area (Å²) in [5, 5.41) is 0. The molecule has 0 radical (unpaired) electrons. The SMILES string of the molecule is C=C(C)c1ccc(OC(=O)c2ccccc2)cc1. The van der Waals surface area contributed by atoms with E-state index >= 15 is 0 Å². The van der Waals surface area contributed by atoms with Gasteiger partial charge in [0.2, 0.25) is 0 Å². The first-order valence-corrected chi connectivity index (χ1v) is 5.70. The Hall–Kier alpha value is -2.35. The molecule has 0 heterocycles. The van der Waals surface area contributed by atoms with Crippen LogP contribution in [0.5, 0.6) is 5.75 Å². The van der Waals surface area contributed by atoms with Crippen molar-refractivity contribution in [3.63, 3.8) is 0 Å². The molecule has 0 atom stereocenters. The van der Waals surface area contributed by atoms with E-state index in [0.29, 0.717) is 11.3 Å². The van der Waals surface area contributed by atoms with Crippen LogP contribution in [-0.2, 0) is 0 Å². The van der Waals surface area contributed by atoms with E-state index in [1.54, 1.807) is 36.4 Å². The highest BCUT2D eigenvalue weighted by Gasteiger charge is 2.07. The Balaban J connectivity index is 2.10. The molecular formula is C16H14O2. The molecule has 0 aliphatic heterocycles. The number of esters is 1. The summed E-state index contributed by atoms with van der Waals surface area (Å²) >= 11 is 0. The molecule has 90 valence electrons. The summed E-state index contributed by atoms with van der Waals surface area (Å²) in [5.74, 6) is 0.188. The van der Waals surface area contributed by atoms with Crippen LogP contribution in [0.2, 0.25) is 0 Å². The van der Waals surface area contributed by atoms with E-state index in [1.807, 2.05) is 25.1 Å². The number of hydrogen-bond acceptors (Lipinski definition) is 2. The van der Waals surface area contributed by atoms with Gasteiger partial charge in [-0.25, -0.2) is 4.79 Å². The van der Waals surface area contributed by atoms with E-state index in [1.165, 1.54) is 0 Å². The van der Waals surface area contributed by atoms with Gasteiger partial charge < -0.3 is 4.74 Å². The van der Waals surface area contributed by atoms with Crippen molar-refractivity contribution < 1.29 is 9.53 Å². The molecule has 2 aromatic carbocycles. The second-order valence-corrected chi connectivity index (χ2v) is 4.06. The molecule has 0 aromatic heterocycles. The highest BCUT2D eigenvalue weighted by Crippen LogP contribution is 2.18. The fourth-order valence-electron chi connectivity index (χ4n) is 1.55. The Kier molecular flexibility index (Phi) is 3.58. The monoisotopic (exact) mass is 238 g/mol. The maximum Gasteiger partial charge on any atom is 0.343 e. The minimum Gasteiger partial charge on any atom is -0.423 e. The quantitative estimate of drug-likeness (QED) is 0.598. The van der Waals surface area contributed by atoms with Crippen LogP contribution >= 0.6 is 0 Å². The number of carbonyl (C=O) groups is 1. The first-order valence-electron chi connectivity index (χ1n) is 5.70. The number of ether oxygens (including phenoxy) is 1. The van der Waals surface area contributed by atoms with Crippen molar-refractivity contribution in [2.24, 2.45) is 0 Å². The van der Waals surface area contributed by atoms with Gasteiger partial charge in [-0.1, -0.05) is 42.5 Å². The van der Waals surface area contributed by atoms with Crippen LogP contribution in [0.1, 0.15) is 22.8 Å². The summed E-state index contributed by atoms with van der Waals surface area (Å²) in [6, 6.07) is 16.2. The van der Waals surface area contributed by atoms with Gasteiger partial charge in [-0.2, -0.15) is 0 Å². The molecule has 2 aromatic rings. The molecule has 0 spiro atoms. The van der Waals surface area contributed by atoms with Crippen LogP contribution in [-0.4, -0.2) is 5.97 Å². The summed E-state index contributed by atoms with van der Waals surface area (Å²) in [6.45, 7) is 5.79. The fourth-order valence-corrected chi connectivity index (χ4v) is 1.55. The summed E-state index contributed by atoms with van der Waals surface area (Å²) in [7, 11) is 0. The molecule has 0 saturated carbocycles. The van der Waals surface area contributed by atoms with Crippen LogP contribution in [0.3, 0.4) is 0 Å². The molecule has 0 N–H and O–H groups in total. The zero-order chi connectivity index (χ0) is 13.0. The average Bonchev–Trinajstić information content (AvgIpc) is 2.40. The van der Waals surface area contributed by atoms with Gasteiger partial charge >= 0.3 is 5.97 Å². The Morgan fingerprint density at radius 3 is 2.11 bits per heavy atom. The average molecular weight is 238 g/mol. The molecule has 0 bridgehead atoms. The predicted molar refractivity (Wildman–Crippen MR) is 72.6 cm³/mol. The molecule has 0 amide bonds. The number of benzene rings is 2. The maximum absolute atomic E-state index is 11.8. The van der Waals surface area contributed by atoms with E-state index in [-0.39, 0.29) is 5.97 Å². The van der Waals surface area contributed by atoms with Gasteiger partial charge in [-0.15, -0.1) is 0 Å². The van der Waals surface area contributed by atoms with Crippen molar-refractivity contribution in [2.45, 2.75) is 6.92 Å². The maximum atomic E-state index is 11.8. The Morgan fingerprint density at radius 2 is 1.56 bits per heavy atom. The van der Waals surface area contributed by atoms with Gasteiger partial charge in [-0.3, -0.25) is 0 Å². The molecular weight excluding hydrogens is 224 g/mol. The second kappa shape index (κ2) is 5.32. The van der Waals surface area contributed by atoms with Crippen molar-refractivity contribution in [3.8, 4) is 5.75 Å².